The predicted octanol–water partition coefficient (Wildman–Crippen LogP) is 7.21. The molecule has 2 aromatic rings. The Kier molecular flexibility index (Phi) is 7.98. The minimum Gasteiger partial charge on any atom is -0.483 e. The number of hydrogen-bond donors (Lipinski definition) is 1. The largest absolute Gasteiger partial charge is 0.483 e. The summed E-state index contributed by atoms with van der Waals surface area (Å²) in [7, 11) is 0. The van der Waals surface area contributed by atoms with Gasteiger partial charge in [0.05, 0.1) is 10.0 Å². The number of ether oxygens (including phenoxy) is 1. The molecular formula is C29H27BrCl2N2O4. The zero-order valence-electron chi connectivity index (χ0n) is 20.9. The molecule has 0 spiro atoms. The highest BCUT2D eigenvalue weighted by Gasteiger charge is 2.43. The smallest absolute Gasteiger partial charge is 0.262 e. The van der Waals surface area contributed by atoms with Crippen LogP contribution in [0.3, 0.4) is 0 Å². The van der Waals surface area contributed by atoms with E-state index in [4.69, 9.17) is 27.9 Å². The average molecular weight is 618 g/mol. The molecule has 0 aromatic heterocycles. The van der Waals surface area contributed by atoms with Gasteiger partial charge in [0.25, 0.3) is 5.91 Å². The molecule has 0 radical (unpaired) electrons. The first-order valence-electron chi connectivity index (χ1n) is 12.8. The van der Waals surface area contributed by atoms with E-state index in [0.717, 1.165) is 41.6 Å². The maximum Gasteiger partial charge on any atom is 0.262 e. The monoisotopic (exact) mass is 616 g/mol. The van der Waals surface area contributed by atoms with Crippen LogP contribution in [0.1, 0.15) is 56.9 Å². The van der Waals surface area contributed by atoms with Gasteiger partial charge in [-0.2, -0.15) is 0 Å². The molecule has 2 aromatic carbocycles. The highest BCUT2D eigenvalue weighted by atomic mass is 79.9. The van der Waals surface area contributed by atoms with Crippen LogP contribution in [-0.2, 0) is 14.4 Å². The number of ketones is 2. The zero-order valence-corrected chi connectivity index (χ0v) is 24.0. The lowest BCUT2D eigenvalue weighted by molar-refractivity contribution is -0.119. The maximum atomic E-state index is 13.4. The van der Waals surface area contributed by atoms with E-state index in [9.17, 15) is 14.4 Å². The number of carbonyl (C=O) groups is 3. The lowest BCUT2D eigenvalue weighted by Crippen LogP contribution is -2.39. The normalized spacial score (nSPS) is 17.9. The molecule has 6 nitrogen and oxygen atoms in total. The Morgan fingerprint density at radius 3 is 2.24 bits per heavy atom. The topological polar surface area (TPSA) is 75.7 Å². The van der Waals surface area contributed by atoms with Crippen molar-refractivity contribution in [3.8, 4) is 5.75 Å². The summed E-state index contributed by atoms with van der Waals surface area (Å²) >= 11 is 15.6. The van der Waals surface area contributed by atoms with Gasteiger partial charge in [0.2, 0.25) is 0 Å². The Morgan fingerprint density at radius 2 is 1.63 bits per heavy atom. The van der Waals surface area contributed by atoms with Crippen LogP contribution in [0.15, 0.2) is 63.4 Å². The van der Waals surface area contributed by atoms with Gasteiger partial charge in [-0.05, 0) is 69.0 Å². The van der Waals surface area contributed by atoms with Gasteiger partial charge in [-0.1, -0.05) is 39.1 Å². The van der Waals surface area contributed by atoms with Gasteiger partial charge in [-0.15, -0.1) is 0 Å². The van der Waals surface area contributed by atoms with Crippen LogP contribution in [0.5, 0.6) is 5.75 Å². The third kappa shape index (κ3) is 5.16. The van der Waals surface area contributed by atoms with Crippen molar-refractivity contribution in [2.75, 3.05) is 18.5 Å². The van der Waals surface area contributed by atoms with E-state index >= 15 is 0 Å². The van der Waals surface area contributed by atoms with E-state index in [1.807, 2.05) is 12.1 Å². The molecule has 9 heteroatoms. The van der Waals surface area contributed by atoms with Crippen LogP contribution < -0.4 is 10.1 Å². The summed E-state index contributed by atoms with van der Waals surface area (Å²) in [6.45, 7) is 2.51. The lowest BCUT2D eigenvalue weighted by Gasteiger charge is -2.43. The predicted molar refractivity (Wildman–Crippen MR) is 152 cm³/mol. The number of anilines is 1. The Morgan fingerprint density at radius 1 is 0.974 bits per heavy atom. The summed E-state index contributed by atoms with van der Waals surface area (Å²) in [6, 6.07) is 10.3. The Bertz CT molecular complexity index is 1360. The van der Waals surface area contributed by atoms with Gasteiger partial charge in [-0.3, -0.25) is 14.4 Å². The number of Topliss-reactive ketones (excluding diaryl/α,β-unsaturated/α-hetero) is 2. The van der Waals surface area contributed by atoms with Crippen molar-refractivity contribution in [3.05, 3.63) is 79.0 Å². The van der Waals surface area contributed by atoms with Crippen LogP contribution in [0.25, 0.3) is 0 Å². The Labute approximate surface area is 240 Å². The highest BCUT2D eigenvalue weighted by molar-refractivity contribution is 9.10. The fourth-order valence-corrected chi connectivity index (χ4v) is 6.38. The summed E-state index contributed by atoms with van der Waals surface area (Å²) in [5, 5.41) is 3.49. The maximum absolute atomic E-state index is 13.4. The molecule has 2 aliphatic carbocycles. The Balaban J connectivity index is 1.51. The second-order valence-electron chi connectivity index (χ2n) is 9.60. The quantitative estimate of drug-likeness (QED) is 0.371. The molecule has 1 heterocycles. The zero-order chi connectivity index (χ0) is 27.0. The summed E-state index contributed by atoms with van der Waals surface area (Å²) in [4.78, 5) is 41.7. The molecule has 1 amide bonds. The molecule has 0 atom stereocenters. The first-order valence-corrected chi connectivity index (χ1v) is 14.3. The average Bonchev–Trinajstić information content (AvgIpc) is 2.89. The highest BCUT2D eigenvalue weighted by Crippen LogP contribution is 2.51. The van der Waals surface area contributed by atoms with Gasteiger partial charge in [0.1, 0.15) is 5.75 Å². The third-order valence-corrected chi connectivity index (χ3v) is 8.48. The van der Waals surface area contributed by atoms with Crippen LogP contribution in [0.2, 0.25) is 10.0 Å². The second kappa shape index (κ2) is 11.2. The summed E-state index contributed by atoms with van der Waals surface area (Å²) in [6.07, 6.45) is 4.11. The lowest BCUT2D eigenvalue weighted by atomic mass is 9.70. The van der Waals surface area contributed by atoms with Gasteiger partial charge in [0.15, 0.2) is 18.2 Å². The number of hydrogen-bond acceptors (Lipinski definition) is 5. The van der Waals surface area contributed by atoms with Crippen molar-refractivity contribution in [2.24, 2.45) is 0 Å². The van der Waals surface area contributed by atoms with Gasteiger partial charge >= 0.3 is 0 Å². The van der Waals surface area contributed by atoms with E-state index in [-0.39, 0.29) is 24.1 Å². The molecule has 1 N–H and O–H groups in total. The fraction of sp³-hybridized carbons (Fsp3) is 0.345. The summed E-state index contributed by atoms with van der Waals surface area (Å²) < 4.78 is 6.84. The van der Waals surface area contributed by atoms with Gasteiger partial charge in [0, 0.05) is 63.6 Å². The van der Waals surface area contributed by atoms with Crippen molar-refractivity contribution >= 4 is 62.3 Å². The number of rotatable bonds is 6. The van der Waals surface area contributed by atoms with E-state index in [2.05, 4.69) is 33.1 Å². The molecule has 198 valence electrons. The number of allylic oxidation sites excluding steroid dienone is 4. The van der Waals surface area contributed by atoms with Crippen molar-refractivity contribution < 1.29 is 19.1 Å². The standard InChI is InChI=1S/C29H27BrCl2N2O4/c1-2-34-21-5-3-7-23(35)28(21)27(29-22(34)6-4-8-24(29)36)18-13-16(30)9-12-25(18)38-15-26(37)33-17-10-11-19(31)20(32)14-17/h9-14,27H,2-8,15H2,1H3,(H,33,37). The Hall–Kier alpha value is -2.61. The molecule has 5 rings (SSSR count). The molecule has 1 aliphatic heterocycles. The first kappa shape index (κ1) is 27.0. The minimum absolute atomic E-state index is 0.0721. The van der Waals surface area contributed by atoms with Crippen LogP contribution >= 0.6 is 39.1 Å². The molecule has 0 fully saturated rings. The minimum atomic E-state index is -0.519. The third-order valence-electron chi connectivity index (χ3n) is 7.25. The van der Waals surface area contributed by atoms with Crippen LogP contribution in [0.4, 0.5) is 5.69 Å². The van der Waals surface area contributed by atoms with Crippen molar-refractivity contribution in [1.29, 1.82) is 0 Å². The number of benzene rings is 2. The van der Waals surface area contributed by atoms with Gasteiger partial charge in [-0.25, -0.2) is 0 Å². The molecule has 0 unspecified atom stereocenters. The molecule has 0 saturated carbocycles. The number of nitrogens with one attached hydrogen (secondary N) is 1. The number of halogens is 3. The SMILES string of the molecule is CCN1C2=C(C(=O)CCC2)C(c2cc(Br)ccc2OCC(=O)Nc2ccc(Cl)c(Cl)c2)C2=C1CCCC2=O. The van der Waals surface area contributed by atoms with E-state index in [1.54, 1.807) is 24.3 Å². The van der Waals surface area contributed by atoms with Crippen molar-refractivity contribution in [2.45, 2.75) is 51.4 Å². The van der Waals surface area contributed by atoms with Crippen LogP contribution in [-0.4, -0.2) is 35.5 Å². The number of nitrogens with zero attached hydrogens (tertiary/aromatic N) is 1. The van der Waals surface area contributed by atoms with Crippen molar-refractivity contribution in [1.82, 2.24) is 4.90 Å². The molecular weight excluding hydrogens is 591 g/mol. The molecule has 38 heavy (non-hydrogen) atoms. The second-order valence-corrected chi connectivity index (χ2v) is 11.3. The molecule has 0 saturated heterocycles. The fourth-order valence-electron chi connectivity index (χ4n) is 5.70. The first-order chi connectivity index (χ1) is 18.3. The summed E-state index contributed by atoms with van der Waals surface area (Å²) in [5.41, 5.74) is 4.63. The number of carbonyl (C=O) groups excluding carboxylic acids is 3. The molecule has 3 aliphatic rings. The van der Waals surface area contributed by atoms with Crippen molar-refractivity contribution in [3.63, 3.8) is 0 Å². The number of amides is 1. The van der Waals surface area contributed by atoms with E-state index in [0.29, 0.717) is 57.6 Å². The van der Waals surface area contributed by atoms with Crippen LogP contribution in [0, 0.1) is 0 Å². The summed E-state index contributed by atoms with van der Waals surface area (Å²) in [5.74, 6) is -0.289. The van der Waals surface area contributed by atoms with E-state index < -0.39 is 5.92 Å². The molecule has 0 bridgehead atoms. The van der Waals surface area contributed by atoms with E-state index in [1.165, 1.54) is 0 Å². The van der Waals surface area contributed by atoms with Gasteiger partial charge < -0.3 is 15.0 Å².